The average molecular weight is 394 g/mol. The van der Waals surface area contributed by atoms with Gasteiger partial charge in [-0.3, -0.25) is 14.6 Å². The number of fused-ring (bicyclic) bond motifs is 1. The van der Waals surface area contributed by atoms with Crippen LogP contribution in [0, 0.1) is 0 Å². The Bertz CT molecular complexity index is 925. The largest absolute Gasteiger partial charge is 0.503 e. The first-order valence-corrected chi connectivity index (χ1v) is 9.87. The van der Waals surface area contributed by atoms with Crippen LogP contribution in [0.1, 0.15) is 44.6 Å². The number of hydrogen-bond acceptors (Lipinski definition) is 6. The number of carbonyl (C=O) groups excluding carboxylic acids is 2. The number of phenolic OH excluding ortho intramolecular Hbond substituents is 1. The molecule has 0 amide bonds. The predicted molar refractivity (Wildman–Crippen MR) is 114 cm³/mol. The number of rotatable bonds is 10. The molecular weight excluding hydrogens is 368 g/mol. The SMILES string of the molecule is CCCCCC(=O)CC(=O)C=Cc1cc(OC)c(O)c(N2C=C3N=CC=C3C2)c1. The molecule has 29 heavy (non-hydrogen) atoms. The van der Waals surface area contributed by atoms with E-state index >= 15 is 0 Å². The fraction of sp³-hybridized carbons (Fsp3) is 0.348. The summed E-state index contributed by atoms with van der Waals surface area (Å²) in [7, 11) is 1.48. The van der Waals surface area contributed by atoms with Crippen molar-refractivity contribution >= 4 is 29.5 Å². The smallest absolute Gasteiger partial charge is 0.182 e. The maximum absolute atomic E-state index is 12.1. The van der Waals surface area contributed by atoms with Gasteiger partial charge in [-0.15, -0.1) is 0 Å². The van der Waals surface area contributed by atoms with Gasteiger partial charge in [0.15, 0.2) is 17.3 Å². The molecule has 0 aromatic heterocycles. The summed E-state index contributed by atoms with van der Waals surface area (Å²) < 4.78 is 5.29. The normalized spacial score (nSPS) is 14.9. The molecule has 0 saturated carbocycles. The molecule has 0 aliphatic carbocycles. The predicted octanol–water partition coefficient (Wildman–Crippen LogP) is 4.19. The standard InChI is InChI=1S/C23H26N2O4/c1-3-4-5-6-18(26)13-19(27)8-7-16-11-21(23(28)22(12-16)29-2)25-14-17-9-10-24-20(17)15-25/h7-12,15,28H,3-6,13-14H2,1-2H3. The third-order valence-corrected chi connectivity index (χ3v) is 4.94. The van der Waals surface area contributed by atoms with Gasteiger partial charge < -0.3 is 14.7 Å². The molecule has 0 radical (unpaired) electrons. The highest BCUT2D eigenvalue weighted by atomic mass is 16.5. The number of unbranched alkanes of at least 4 members (excludes halogenated alkanes) is 2. The van der Waals surface area contributed by atoms with E-state index in [-0.39, 0.29) is 23.7 Å². The number of ketones is 2. The molecule has 0 saturated heterocycles. The third-order valence-electron chi connectivity index (χ3n) is 4.94. The molecular formula is C23H26N2O4. The van der Waals surface area contributed by atoms with Crippen LogP contribution in [0.4, 0.5) is 5.69 Å². The van der Waals surface area contributed by atoms with Crippen molar-refractivity contribution in [3.63, 3.8) is 0 Å². The molecule has 1 aromatic carbocycles. The first-order valence-electron chi connectivity index (χ1n) is 9.87. The van der Waals surface area contributed by atoms with Crippen LogP contribution in [0.2, 0.25) is 0 Å². The molecule has 2 heterocycles. The average Bonchev–Trinajstić information content (AvgIpc) is 3.29. The Kier molecular flexibility index (Phi) is 6.65. The van der Waals surface area contributed by atoms with Gasteiger partial charge >= 0.3 is 0 Å². The second kappa shape index (κ2) is 9.37. The molecule has 152 valence electrons. The van der Waals surface area contributed by atoms with Crippen molar-refractivity contribution in [2.24, 2.45) is 4.99 Å². The fourth-order valence-electron chi connectivity index (χ4n) is 3.34. The van der Waals surface area contributed by atoms with Crippen LogP contribution in [0.15, 0.2) is 46.7 Å². The minimum absolute atomic E-state index is 0.0267. The number of hydrogen-bond donors (Lipinski definition) is 1. The number of aliphatic imine (C=N–C) groups is 1. The van der Waals surface area contributed by atoms with Gasteiger partial charge in [0, 0.05) is 24.4 Å². The highest BCUT2D eigenvalue weighted by Gasteiger charge is 2.24. The van der Waals surface area contributed by atoms with E-state index < -0.39 is 0 Å². The van der Waals surface area contributed by atoms with Gasteiger partial charge in [-0.25, -0.2) is 0 Å². The zero-order valence-electron chi connectivity index (χ0n) is 16.9. The van der Waals surface area contributed by atoms with Crippen LogP contribution in [-0.4, -0.2) is 36.5 Å². The first kappa shape index (κ1) is 20.6. The van der Waals surface area contributed by atoms with Crippen molar-refractivity contribution in [2.45, 2.75) is 39.0 Å². The van der Waals surface area contributed by atoms with Crippen LogP contribution in [0.3, 0.4) is 0 Å². The van der Waals surface area contributed by atoms with E-state index in [1.807, 2.05) is 17.2 Å². The Labute approximate surface area is 170 Å². The van der Waals surface area contributed by atoms with Crippen LogP contribution in [-0.2, 0) is 9.59 Å². The monoisotopic (exact) mass is 394 g/mol. The number of aromatic hydroxyl groups is 1. The molecule has 1 aromatic rings. The van der Waals surface area contributed by atoms with Crippen LogP contribution < -0.4 is 9.64 Å². The van der Waals surface area contributed by atoms with Gasteiger partial charge in [-0.1, -0.05) is 25.8 Å². The summed E-state index contributed by atoms with van der Waals surface area (Å²) in [6.45, 7) is 2.68. The van der Waals surface area contributed by atoms with Crippen molar-refractivity contribution in [3.8, 4) is 11.5 Å². The number of anilines is 1. The summed E-state index contributed by atoms with van der Waals surface area (Å²) >= 11 is 0. The van der Waals surface area contributed by atoms with Gasteiger partial charge in [-0.05, 0) is 36.3 Å². The Hall–Kier alpha value is -3.15. The Morgan fingerprint density at radius 1 is 1.31 bits per heavy atom. The van der Waals surface area contributed by atoms with E-state index in [2.05, 4.69) is 11.9 Å². The maximum Gasteiger partial charge on any atom is 0.182 e. The number of nitrogens with zero attached hydrogens (tertiary/aromatic N) is 2. The first-order chi connectivity index (χ1) is 14.0. The number of Topliss-reactive ketones (excluding diaryl/α,β-unsaturated/α-hetero) is 1. The molecule has 2 aliphatic heterocycles. The summed E-state index contributed by atoms with van der Waals surface area (Å²) in [6.07, 6.45) is 11.9. The van der Waals surface area contributed by atoms with Crippen LogP contribution >= 0.6 is 0 Å². The van der Waals surface area contributed by atoms with E-state index in [1.54, 1.807) is 24.4 Å². The van der Waals surface area contributed by atoms with Gasteiger partial charge in [0.2, 0.25) is 0 Å². The summed E-state index contributed by atoms with van der Waals surface area (Å²) in [5.41, 5.74) is 3.24. The molecule has 1 N–H and O–H groups in total. The molecule has 0 unspecified atom stereocenters. The number of allylic oxidation sites excluding steroid dienone is 2. The number of benzene rings is 1. The van der Waals surface area contributed by atoms with Crippen molar-refractivity contribution in [3.05, 3.63) is 47.3 Å². The highest BCUT2D eigenvalue weighted by molar-refractivity contribution is 6.06. The number of phenols is 1. The van der Waals surface area contributed by atoms with E-state index in [0.29, 0.717) is 30.0 Å². The minimum atomic E-state index is -0.225. The quantitative estimate of drug-likeness (QED) is 0.366. The molecule has 0 fully saturated rings. The minimum Gasteiger partial charge on any atom is -0.503 e. The lowest BCUT2D eigenvalue weighted by atomic mass is 10.1. The molecule has 0 spiro atoms. The molecule has 2 aliphatic rings. The van der Waals surface area contributed by atoms with Gasteiger partial charge in [0.05, 0.1) is 31.5 Å². The lowest BCUT2D eigenvalue weighted by Crippen LogP contribution is -2.14. The zero-order chi connectivity index (χ0) is 20.8. The van der Waals surface area contributed by atoms with E-state index in [0.717, 1.165) is 30.5 Å². The number of carbonyl (C=O) groups is 2. The van der Waals surface area contributed by atoms with Gasteiger partial charge in [0.1, 0.15) is 5.78 Å². The summed E-state index contributed by atoms with van der Waals surface area (Å²) in [5.74, 6) is 0.0974. The van der Waals surface area contributed by atoms with Crippen molar-refractivity contribution in [2.75, 3.05) is 18.6 Å². The molecule has 3 rings (SSSR count). The fourth-order valence-corrected chi connectivity index (χ4v) is 3.34. The summed E-state index contributed by atoms with van der Waals surface area (Å²) in [5, 5.41) is 10.5. The molecule has 0 bridgehead atoms. The van der Waals surface area contributed by atoms with Crippen LogP contribution in [0.25, 0.3) is 6.08 Å². The molecule has 6 heteroatoms. The Morgan fingerprint density at radius 3 is 2.86 bits per heavy atom. The number of ether oxygens (including phenoxy) is 1. The molecule has 0 atom stereocenters. The topological polar surface area (TPSA) is 79.2 Å². The lowest BCUT2D eigenvalue weighted by Gasteiger charge is -2.19. The second-order valence-electron chi connectivity index (χ2n) is 7.18. The summed E-state index contributed by atoms with van der Waals surface area (Å²) in [4.78, 5) is 30.2. The second-order valence-corrected chi connectivity index (χ2v) is 7.18. The zero-order valence-corrected chi connectivity index (χ0v) is 16.9. The summed E-state index contributed by atoms with van der Waals surface area (Å²) in [6, 6.07) is 3.44. The van der Waals surface area contributed by atoms with E-state index in [9.17, 15) is 14.7 Å². The Morgan fingerprint density at radius 2 is 2.14 bits per heavy atom. The Balaban J connectivity index is 1.73. The van der Waals surface area contributed by atoms with Crippen LogP contribution in [0.5, 0.6) is 11.5 Å². The maximum atomic E-state index is 12.1. The molecule has 6 nitrogen and oxygen atoms in total. The number of methoxy groups -OCH3 is 1. The van der Waals surface area contributed by atoms with Crippen molar-refractivity contribution in [1.29, 1.82) is 0 Å². The van der Waals surface area contributed by atoms with Crippen molar-refractivity contribution in [1.82, 2.24) is 0 Å². The van der Waals surface area contributed by atoms with Gasteiger partial charge in [0.25, 0.3) is 0 Å². The lowest BCUT2D eigenvalue weighted by molar-refractivity contribution is -0.124. The van der Waals surface area contributed by atoms with Crippen molar-refractivity contribution < 1.29 is 19.4 Å². The highest BCUT2D eigenvalue weighted by Crippen LogP contribution is 2.41. The van der Waals surface area contributed by atoms with E-state index in [1.165, 1.54) is 13.2 Å². The third kappa shape index (κ3) is 5.02. The van der Waals surface area contributed by atoms with E-state index in [4.69, 9.17) is 4.74 Å². The van der Waals surface area contributed by atoms with Gasteiger partial charge in [-0.2, -0.15) is 0 Å².